The van der Waals surface area contributed by atoms with E-state index in [2.05, 4.69) is 36.8 Å². The van der Waals surface area contributed by atoms with Crippen LogP contribution in [0.4, 0.5) is 14.5 Å². The maximum Gasteiger partial charge on any atom is 0.135 e. The van der Waals surface area contributed by atoms with E-state index >= 15 is 0 Å². The van der Waals surface area contributed by atoms with Gasteiger partial charge in [0.1, 0.15) is 16.2 Å². The topological polar surface area (TPSA) is 38.9 Å². The minimum atomic E-state index is -0.658. The lowest BCUT2D eigenvalue weighted by atomic mass is 10.1. The predicted molar refractivity (Wildman–Crippen MR) is 74.1 cm³/mol. The molecule has 2 nitrogen and oxygen atoms in total. The minimum Gasteiger partial charge on any atom is -0.396 e. The molecule has 0 unspecified atom stereocenters. The standard InChI is InChI=1S/C12H8Br2F2N2/c1-5-9(13)10(17)12(14)18-11(5)7-3-2-6(15)4-8(7)16/h2-4H,17H2,1H3. The van der Waals surface area contributed by atoms with E-state index in [1.807, 2.05) is 0 Å². The molecular formula is C12H8Br2F2N2. The number of halogens is 4. The molecule has 0 radical (unpaired) electrons. The molecule has 0 saturated carbocycles. The molecule has 0 saturated heterocycles. The lowest BCUT2D eigenvalue weighted by molar-refractivity contribution is 0.585. The van der Waals surface area contributed by atoms with Crippen molar-refractivity contribution in [2.45, 2.75) is 6.92 Å². The molecule has 18 heavy (non-hydrogen) atoms. The SMILES string of the molecule is Cc1c(-c2ccc(F)cc2F)nc(Br)c(N)c1Br. The summed E-state index contributed by atoms with van der Waals surface area (Å²) in [7, 11) is 0. The van der Waals surface area contributed by atoms with Gasteiger partial charge in [-0.15, -0.1) is 0 Å². The molecule has 2 rings (SSSR count). The molecule has 0 spiro atoms. The minimum absolute atomic E-state index is 0.232. The van der Waals surface area contributed by atoms with Crippen molar-refractivity contribution in [1.82, 2.24) is 4.98 Å². The third-order valence-electron chi connectivity index (χ3n) is 2.54. The van der Waals surface area contributed by atoms with Crippen molar-refractivity contribution in [2.24, 2.45) is 0 Å². The summed E-state index contributed by atoms with van der Waals surface area (Å²) in [6, 6.07) is 3.38. The molecule has 0 aliphatic rings. The highest BCUT2D eigenvalue weighted by molar-refractivity contribution is 9.11. The number of anilines is 1. The van der Waals surface area contributed by atoms with Crippen LogP contribution in [0.15, 0.2) is 27.3 Å². The van der Waals surface area contributed by atoms with Crippen LogP contribution in [0.5, 0.6) is 0 Å². The number of aromatic nitrogens is 1. The Kier molecular flexibility index (Phi) is 3.68. The normalized spacial score (nSPS) is 10.7. The van der Waals surface area contributed by atoms with Crippen molar-refractivity contribution in [2.75, 3.05) is 5.73 Å². The number of benzene rings is 1. The summed E-state index contributed by atoms with van der Waals surface area (Å²) in [5.41, 5.74) is 7.57. The van der Waals surface area contributed by atoms with Gasteiger partial charge in [-0.2, -0.15) is 0 Å². The second-order valence-electron chi connectivity index (χ2n) is 3.73. The van der Waals surface area contributed by atoms with Gasteiger partial charge in [0.25, 0.3) is 0 Å². The van der Waals surface area contributed by atoms with Crippen molar-refractivity contribution in [3.05, 3.63) is 44.5 Å². The summed E-state index contributed by atoms with van der Waals surface area (Å²) in [5.74, 6) is -1.28. The fourth-order valence-electron chi connectivity index (χ4n) is 1.58. The molecule has 0 aliphatic carbocycles. The van der Waals surface area contributed by atoms with E-state index in [1.165, 1.54) is 12.1 Å². The van der Waals surface area contributed by atoms with Crippen LogP contribution in [0, 0.1) is 18.6 Å². The number of pyridine rings is 1. The molecule has 1 aromatic carbocycles. The van der Waals surface area contributed by atoms with Crippen molar-refractivity contribution in [3.8, 4) is 11.3 Å². The molecule has 1 heterocycles. The Hall–Kier alpha value is -1.01. The molecule has 0 aliphatic heterocycles. The Morgan fingerprint density at radius 1 is 1.22 bits per heavy atom. The fourth-order valence-corrected chi connectivity index (χ4v) is 2.60. The van der Waals surface area contributed by atoms with Gasteiger partial charge in [0.2, 0.25) is 0 Å². The molecular weight excluding hydrogens is 370 g/mol. The number of hydrogen-bond donors (Lipinski definition) is 1. The predicted octanol–water partition coefficient (Wildman–Crippen LogP) is 4.44. The first kappa shape index (κ1) is 13.4. The zero-order chi connectivity index (χ0) is 13.4. The summed E-state index contributed by atoms with van der Waals surface area (Å²) in [4.78, 5) is 4.19. The van der Waals surface area contributed by atoms with E-state index in [4.69, 9.17) is 5.73 Å². The van der Waals surface area contributed by atoms with Gasteiger partial charge < -0.3 is 5.73 Å². The Morgan fingerprint density at radius 2 is 1.89 bits per heavy atom. The number of hydrogen-bond acceptors (Lipinski definition) is 2. The number of nitrogens with zero attached hydrogens (tertiary/aromatic N) is 1. The first-order valence-corrected chi connectivity index (χ1v) is 6.57. The average Bonchev–Trinajstić information content (AvgIpc) is 2.32. The zero-order valence-corrected chi connectivity index (χ0v) is 12.4. The van der Waals surface area contributed by atoms with Gasteiger partial charge in [0, 0.05) is 16.1 Å². The zero-order valence-electron chi connectivity index (χ0n) is 9.27. The Bertz CT molecular complexity index is 630. The molecule has 94 valence electrons. The third-order valence-corrected chi connectivity index (χ3v) is 4.17. The summed E-state index contributed by atoms with van der Waals surface area (Å²) < 4.78 is 27.7. The van der Waals surface area contributed by atoms with E-state index in [0.29, 0.717) is 26.0 Å². The van der Waals surface area contributed by atoms with Gasteiger partial charge in [-0.1, -0.05) is 0 Å². The molecule has 1 aromatic heterocycles. The lowest BCUT2D eigenvalue weighted by Crippen LogP contribution is -1.99. The maximum absolute atomic E-state index is 13.7. The lowest BCUT2D eigenvalue weighted by Gasteiger charge is -2.11. The van der Waals surface area contributed by atoms with Gasteiger partial charge in [0.05, 0.1) is 11.4 Å². The largest absolute Gasteiger partial charge is 0.396 e. The number of nitrogen functional groups attached to an aromatic ring is 1. The highest BCUT2D eigenvalue weighted by Gasteiger charge is 2.16. The molecule has 6 heteroatoms. The van der Waals surface area contributed by atoms with Crippen LogP contribution in [0.25, 0.3) is 11.3 Å². The Morgan fingerprint density at radius 3 is 2.50 bits per heavy atom. The van der Waals surface area contributed by atoms with Gasteiger partial charge in [-0.05, 0) is 56.5 Å². The second-order valence-corrected chi connectivity index (χ2v) is 5.27. The third kappa shape index (κ3) is 2.27. The van der Waals surface area contributed by atoms with Crippen LogP contribution < -0.4 is 5.73 Å². The van der Waals surface area contributed by atoms with Crippen LogP contribution in [-0.4, -0.2) is 4.98 Å². The van der Waals surface area contributed by atoms with Crippen LogP contribution in [0.3, 0.4) is 0 Å². The van der Waals surface area contributed by atoms with Gasteiger partial charge >= 0.3 is 0 Å². The molecule has 2 N–H and O–H groups in total. The summed E-state index contributed by atoms with van der Waals surface area (Å²) in [6.45, 7) is 1.76. The monoisotopic (exact) mass is 376 g/mol. The van der Waals surface area contributed by atoms with Crippen molar-refractivity contribution < 1.29 is 8.78 Å². The first-order chi connectivity index (χ1) is 8.41. The van der Waals surface area contributed by atoms with Gasteiger partial charge in [-0.3, -0.25) is 0 Å². The van der Waals surface area contributed by atoms with Crippen molar-refractivity contribution in [1.29, 1.82) is 0 Å². The van der Waals surface area contributed by atoms with E-state index in [1.54, 1.807) is 6.92 Å². The van der Waals surface area contributed by atoms with Crippen LogP contribution in [0.1, 0.15) is 5.56 Å². The van der Waals surface area contributed by atoms with Crippen LogP contribution in [-0.2, 0) is 0 Å². The Balaban J connectivity index is 2.72. The first-order valence-electron chi connectivity index (χ1n) is 4.98. The van der Waals surface area contributed by atoms with E-state index in [0.717, 1.165) is 6.07 Å². The Labute approximate surface area is 119 Å². The highest BCUT2D eigenvalue weighted by atomic mass is 79.9. The molecule has 2 aromatic rings. The quantitative estimate of drug-likeness (QED) is 0.746. The number of nitrogens with two attached hydrogens (primary N) is 1. The van der Waals surface area contributed by atoms with Crippen molar-refractivity contribution >= 4 is 37.5 Å². The molecule has 0 amide bonds. The smallest absolute Gasteiger partial charge is 0.135 e. The molecule has 0 bridgehead atoms. The van der Waals surface area contributed by atoms with Crippen molar-refractivity contribution in [3.63, 3.8) is 0 Å². The summed E-state index contributed by atoms with van der Waals surface area (Å²) in [6.07, 6.45) is 0. The van der Waals surface area contributed by atoms with Crippen LogP contribution in [0.2, 0.25) is 0 Å². The van der Waals surface area contributed by atoms with Crippen LogP contribution >= 0.6 is 31.9 Å². The van der Waals surface area contributed by atoms with Gasteiger partial charge in [0.15, 0.2) is 0 Å². The summed E-state index contributed by atoms with van der Waals surface area (Å²) >= 11 is 6.53. The number of rotatable bonds is 1. The fraction of sp³-hybridized carbons (Fsp3) is 0.0833. The van der Waals surface area contributed by atoms with E-state index in [-0.39, 0.29) is 5.56 Å². The summed E-state index contributed by atoms with van der Waals surface area (Å²) in [5, 5.41) is 0. The second kappa shape index (κ2) is 4.93. The van der Waals surface area contributed by atoms with Gasteiger partial charge in [-0.25, -0.2) is 13.8 Å². The molecule has 0 atom stereocenters. The average molecular weight is 378 g/mol. The highest BCUT2D eigenvalue weighted by Crippen LogP contribution is 2.36. The van der Waals surface area contributed by atoms with E-state index in [9.17, 15) is 8.78 Å². The molecule has 0 fully saturated rings. The maximum atomic E-state index is 13.7. The van der Waals surface area contributed by atoms with E-state index < -0.39 is 11.6 Å².